The van der Waals surface area contributed by atoms with E-state index in [0.29, 0.717) is 15.7 Å². The molecule has 0 aliphatic rings. The predicted octanol–water partition coefficient (Wildman–Crippen LogP) is 3.11. The van der Waals surface area contributed by atoms with Crippen molar-refractivity contribution in [2.24, 2.45) is 5.73 Å². The highest BCUT2D eigenvalue weighted by Gasteiger charge is 2.14. The van der Waals surface area contributed by atoms with Crippen LogP contribution in [0, 0.1) is 0 Å². The van der Waals surface area contributed by atoms with Crippen LogP contribution in [0.4, 0.5) is 5.69 Å². The zero-order valence-electron chi connectivity index (χ0n) is 11.3. The molecule has 0 aromatic heterocycles. The first-order valence-corrected chi connectivity index (χ1v) is 6.99. The second kappa shape index (κ2) is 7.15. The fourth-order valence-electron chi connectivity index (χ4n) is 1.71. The fourth-order valence-corrected chi connectivity index (χ4v) is 2.17. The maximum Gasteiger partial charge on any atom is 0.259 e. The number of para-hydroxylation sites is 1. The maximum absolute atomic E-state index is 12.3. The minimum Gasteiger partial charge on any atom is -0.483 e. The number of amides is 2. The second-order valence-electron chi connectivity index (χ2n) is 4.33. The lowest BCUT2D eigenvalue weighted by atomic mass is 10.2. The molecule has 2 amide bonds. The summed E-state index contributed by atoms with van der Waals surface area (Å²) < 4.78 is 5.22. The molecular formula is C15H12Cl2N2O3. The van der Waals surface area contributed by atoms with Crippen molar-refractivity contribution in [1.29, 1.82) is 0 Å². The molecule has 2 aromatic carbocycles. The van der Waals surface area contributed by atoms with Crippen molar-refractivity contribution in [3.05, 3.63) is 58.1 Å². The first kappa shape index (κ1) is 16.1. The van der Waals surface area contributed by atoms with Gasteiger partial charge in [0.05, 0.1) is 16.3 Å². The quantitative estimate of drug-likeness (QED) is 0.878. The molecule has 3 N–H and O–H groups in total. The van der Waals surface area contributed by atoms with E-state index in [4.69, 9.17) is 33.7 Å². The number of nitrogens with one attached hydrogen (secondary N) is 1. The monoisotopic (exact) mass is 338 g/mol. The third kappa shape index (κ3) is 4.13. The molecule has 0 fully saturated rings. The molecule has 2 rings (SSSR count). The molecular weight excluding hydrogens is 327 g/mol. The number of carbonyl (C=O) groups excluding carboxylic acids is 2. The van der Waals surface area contributed by atoms with E-state index in [1.165, 1.54) is 6.07 Å². The SMILES string of the molecule is NC(=O)COc1ccccc1C(=O)Nc1ccc(Cl)cc1Cl. The Bertz CT molecular complexity index is 720. The Morgan fingerprint density at radius 1 is 1.14 bits per heavy atom. The van der Waals surface area contributed by atoms with E-state index in [9.17, 15) is 9.59 Å². The number of carbonyl (C=O) groups is 2. The van der Waals surface area contributed by atoms with Crippen molar-refractivity contribution in [2.45, 2.75) is 0 Å². The third-order valence-corrected chi connectivity index (χ3v) is 3.23. The minimum absolute atomic E-state index is 0.254. The van der Waals surface area contributed by atoms with E-state index in [-0.39, 0.29) is 17.9 Å². The van der Waals surface area contributed by atoms with Crippen LogP contribution in [0.1, 0.15) is 10.4 Å². The van der Waals surface area contributed by atoms with E-state index in [2.05, 4.69) is 5.32 Å². The molecule has 2 aromatic rings. The predicted molar refractivity (Wildman–Crippen MR) is 85.5 cm³/mol. The van der Waals surface area contributed by atoms with E-state index in [1.807, 2.05) is 0 Å². The summed E-state index contributed by atoms with van der Waals surface area (Å²) in [6.45, 7) is -0.313. The molecule has 0 unspecified atom stereocenters. The first-order chi connectivity index (χ1) is 10.5. The topological polar surface area (TPSA) is 81.4 Å². The molecule has 0 aliphatic heterocycles. The van der Waals surface area contributed by atoms with Gasteiger partial charge in [0.2, 0.25) is 0 Å². The summed E-state index contributed by atoms with van der Waals surface area (Å²) in [6.07, 6.45) is 0. The highest BCUT2D eigenvalue weighted by atomic mass is 35.5. The minimum atomic E-state index is -0.629. The molecule has 0 atom stereocenters. The number of halogens is 2. The highest BCUT2D eigenvalue weighted by molar-refractivity contribution is 6.36. The van der Waals surface area contributed by atoms with Crippen LogP contribution in [0.5, 0.6) is 5.75 Å². The highest BCUT2D eigenvalue weighted by Crippen LogP contribution is 2.27. The van der Waals surface area contributed by atoms with Crippen molar-refractivity contribution in [3.63, 3.8) is 0 Å². The smallest absolute Gasteiger partial charge is 0.259 e. The molecule has 0 bridgehead atoms. The van der Waals surface area contributed by atoms with Gasteiger partial charge in [-0.2, -0.15) is 0 Å². The van der Waals surface area contributed by atoms with Gasteiger partial charge in [0.15, 0.2) is 6.61 Å². The zero-order valence-corrected chi connectivity index (χ0v) is 12.8. The summed E-state index contributed by atoms with van der Waals surface area (Å²) in [7, 11) is 0. The summed E-state index contributed by atoms with van der Waals surface area (Å²) in [5, 5.41) is 3.44. The van der Waals surface area contributed by atoms with Crippen molar-refractivity contribution < 1.29 is 14.3 Å². The molecule has 0 heterocycles. The summed E-state index contributed by atoms with van der Waals surface area (Å²) in [6, 6.07) is 11.2. The average molecular weight is 339 g/mol. The van der Waals surface area contributed by atoms with E-state index < -0.39 is 11.8 Å². The van der Waals surface area contributed by atoms with Gasteiger partial charge >= 0.3 is 0 Å². The number of rotatable bonds is 5. The molecule has 7 heteroatoms. The van der Waals surface area contributed by atoms with Crippen LogP contribution >= 0.6 is 23.2 Å². The number of anilines is 1. The molecule has 0 radical (unpaired) electrons. The maximum atomic E-state index is 12.3. The third-order valence-electron chi connectivity index (χ3n) is 2.68. The lowest BCUT2D eigenvalue weighted by Gasteiger charge is -2.11. The number of ether oxygens (including phenoxy) is 1. The molecule has 0 aliphatic carbocycles. The van der Waals surface area contributed by atoms with Gasteiger partial charge < -0.3 is 15.8 Å². The second-order valence-corrected chi connectivity index (χ2v) is 5.17. The Labute approximate surface area is 137 Å². The normalized spacial score (nSPS) is 10.1. The number of nitrogens with two attached hydrogens (primary N) is 1. The molecule has 22 heavy (non-hydrogen) atoms. The van der Waals surface area contributed by atoms with Gasteiger partial charge in [-0.3, -0.25) is 9.59 Å². The van der Waals surface area contributed by atoms with Crippen LogP contribution in [0.15, 0.2) is 42.5 Å². The standard InChI is InChI=1S/C15H12Cl2N2O3/c16-9-5-6-12(11(17)7-9)19-15(21)10-3-1-2-4-13(10)22-8-14(18)20/h1-7H,8H2,(H2,18,20)(H,19,21). The van der Waals surface area contributed by atoms with Gasteiger partial charge in [0.25, 0.3) is 11.8 Å². The molecule has 0 saturated carbocycles. The summed E-state index contributed by atoms with van der Waals surface area (Å²) >= 11 is 11.8. The summed E-state index contributed by atoms with van der Waals surface area (Å²) in [4.78, 5) is 23.1. The molecule has 0 saturated heterocycles. The van der Waals surface area contributed by atoms with Crippen LogP contribution in [0.2, 0.25) is 10.0 Å². The average Bonchev–Trinajstić information content (AvgIpc) is 2.48. The van der Waals surface area contributed by atoms with Crippen LogP contribution in [-0.2, 0) is 4.79 Å². The van der Waals surface area contributed by atoms with E-state index >= 15 is 0 Å². The van der Waals surface area contributed by atoms with Crippen LogP contribution in [-0.4, -0.2) is 18.4 Å². The van der Waals surface area contributed by atoms with Gasteiger partial charge in [-0.05, 0) is 30.3 Å². The Morgan fingerprint density at radius 3 is 2.55 bits per heavy atom. The summed E-state index contributed by atoms with van der Waals surface area (Å²) in [5.74, 6) is -0.802. The van der Waals surface area contributed by atoms with Gasteiger partial charge in [-0.25, -0.2) is 0 Å². The van der Waals surface area contributed by atoms with Crippen LogP contribution < -0.4 is 15.8 Å². The molecule has 5 nitrogen and oxygen atoms in total. The number of primary amides is 1. The van der Waals surface area contributed by atoms with Crippen LogP contribution in [0.25, 0.3) is 0 Å². The Morgan fingerprint density at radius 2 is 1.86 bits per heavy atom. The van der Waals surface area contributed by atoms with Gasteiger partial charge in [0.1, 0.15) is 5.75 Å². The Kier molecular flexibility index (Phi) is 5.25. The van der Waals surface area contributed by atoms with E-state index in [1.54, 1.807) is 36.4 Å². The van der Waals surface area contributed by atoms with Crippen molar-refractivity contribution in [1.82, 2.24) is 0 Å². The summed E-state index contributed by atoms with van der Waals surface area (Å²) in [5.41, 5.74) is 5.71. The first-order valence-electron chi connectivity index (χ1n) is 6.24. The van der Waals surface area contributed by atoms with Gasteiger partial charge in [0, 0.05) is 5.02 Å². The number of hydrogen-bond acceptors (Lipinski definition) is 3. The number of hydrogen-bond donors (Lipinski definition) is 2. The van der Waals surface area contributed by atoms with Crippen molar-refractivity contribution >= 4 is 40.7 Å². The Balaban J connectivity index is 2.20. The van der Waals surface area contributed by atoms with Crippen molar-refractivity contribution in [2.75, 3.05) is 11.9 Å². The molecule has 0 spiro atoms. The lowest BCUT2D eigenvalue weighted by Crippen LogP contribution is -2.21. The zero-order chi connectivity index (χ0) is 16.1. The number of benzene rings is 2. The largest absolute Gasteiger partial charge is 0.483 e. The Hall–Kier alpha value is -2.24. The fraction of sp³-hybridized carbons (Fsp3) is 0.0667. The van der Waals surface area contributed by atoms with Crippen molar-refractivity contribution in [3.8, 4) is 5.75 Å². The van der Waals surface area contributed by atoms with Gasteiger partial charge in [-0.1, -0.05) is 35.3 Å². The van der Waals surface area contributed by atoms with Crippen LogP contribution in [0.3, 0.4) is 0 Å². The van der Waals surface area contributed by atoms with E-state index in [0.717, 1.165) is 0 Å². The van der Waals surface area contributed by atoms with Gasteiger partial charge in [-0.15, -0.1) is 0 Å². The lowest BCUT2D eigenvalue weighted by molar-refractivity contribution is -0.119. The molecule has 114 valence electrons.